The van der Waals surface area contributed by atoms with Crippen molar-refractivity contribution in [2.75, 3.05) is 33.5 Å². The number of hydrogen-bond donors (Lipinski definition) is 2. The van der Waals surface area contributed by atoms with Gasteiger partial charge >= 0.3 is 0 Å². The van der Waals surface area contributed by atoms with Gasteiger partial charge in [-0.25, -0.2) is 0 Å². The van der Waals surface area contributed by atoms with Gasteiger partial charge < -0.3 is 20.7 Å². The number of ether oxygens (including phenoxy) is 1. The number of nitrogen functional groups attached to an aromatic ring is 1. The fourth-order valence-electron chi connectivity index (χ4n) is 1.48. The number of carbonyl (C=O) groups excluding carboxylic acids is 2. The third-order valence-corrected chi connectivity index (χ3v) is 2.63. The molecule has 6 nitrogen and oxygen atoms in total. The minimum Gasteiger partial charge on any atom is -0.497 e. The molecule has 0 aliphatic carbocycles. The van der Waals surface area contributed by atoms with Crippen molar-refractivity contribution in [3.8, 4) is 5.75 Å². The van der Waals surface area contributed by atoms with Crippen LogP contribution < -0.4 is 15.8 Å². The lowest BCUT2D eigenvalue weighted by atomic mass is 10.1. The SMILES string of the molecule is COc1ccc(C(=O)NCCC(=O)N(C)C)c(N)c1. The molecule has 1 rings (SSSR count). The van der Waals surface area contributed by atoms with Crippen molar-refractivity contribution in [2.24, 2.45) is 0 Å². The van der Waals surface area contributed by atoms with Crippen LogP contribution in [0, 0.1) is 0 Å². The van der Waals surface area contributed by atoms with Crippen molar-refractivity contribution < 1.29 is 14.3 Å². The van der Waals surface area contributed by atoms with Crippen molar-refractivity contribution in [1.29, 1.82) is 0 Å². The van der Waals surface area contributed by atoms with Gasteiger partial charge in [-0.05, 0) is 12.1 Å². The van der Waals surface area contributed by atoms with E-state index in [0.29, 0.717) is 17.0 Å². The number of methoxy groups -OCH3 is 1. The van der Waals surface area contributed by atoms with E-state index in [-0.39, 0.29) is 24.8 Å². The van der Waals surface area contributed by atoms with Crippen LogP contribution in [-0.2, 0) is 4.79 Å². The molecule has 104 valence electrons. The van der Waals surface area contributed by atoms with Gasteiger partial charge in [0.15, 0.2) is 0 Å². The van der Waals surface area contributed by atoms with E-state index in [1.54, 1.807) is 32.3 Å². The van der Waals surface area contributed by atoms with E-state index in [1.165, 1.54) is 12.0 Å². The number of hydrogen-bond acceptors (Lipinski definition) is 4. The highest BCUT2D eigenvalue weighted by atomic mass is 16.5. The summed E-state index contributed by atoms with van der Waals surface area (Å²) in [5.41, 5.74) is 6.48. The van der Waals surface area contributed by atoms with Gasteiger partial charge in [-0.15, -0.1) is 0 Å². The van der Waals surface area contributed by atoms with Gasteiger partial charge in [0.25, 0.3) is 5.91 Å². The normalized spacial score (nSPS) is 9.84. The van der Waals surface area contributed by atoms with Gasteiger partial charge in [-0.1, -0.05) is 0 Å². The number of amides is 2. The maximum atomic E-state index is 11.9. The average molecular weight is 265 g/mol. The average Bonchev–Trinajstić information content (AvgIpc) is 2.37. The van der Waals surface area contributed by atoms with Crippen LogP contribution in [0.25, 0.3) is 0 Å². The summed E-state index contributed by atoms with van der Waals surface area (Å²) in [5.74, 6) is 0.256. The van der Waals surface area contributed by atoms with Crippen LogP contribution in [0.2, 0.25) is 0 Å². The monoisotopic (exact) mass is 265 g/mol. The summed E-state index contributed by atoms with van der Waals surface area (Å²) >= 11 is 0. The van der Waals surface area contributed by atoms with E-state index in [1.807, 2.05) is 0 Å². The van der Waals surface area contributed by atoms with Crippen molar-refractivity contribution >= 4 is 17.5 Å². The predicted molar refractivity (Wildman–Crippen MR) is 73.1 cm³/mol. The molecule has 0 bridgehead atoms. The number of nitrogens with zero attached hydrogens (tertiary/aromatic N) is 1. The van der Waals surface area contributed by atoms with Gasteiger partial charge in [0, 0.05) is 38.8 Å². The van der Waals surface area contributed by atoms with Gasteiger partial charge in [-0.2, -0.15) is 0 Å². The molecular formula is C13H19N3O3. The summed E-state index contributed by atoms with van der Waals surface area (Å²) in [7, 11) is 4.87. The number of benzene rings is 1. The van der Waals surface area contributed by atoms with E-state index >= 15 is 0 Å². The molecule has 0 aliphatic rings. The minimum atomic E-state index is -0.299. The molecular weight excluding hydrogens is 246 g/mol. The molecule has 0 aliphatic heterocycles. The summed E-state index contributed by atoms with van der Waals surface area (Å²) in [6.07, 6.45) is 0.259. The molecule has 0 unspecified atom stereocenters. The Hall–Kier alpha value is -2.24. The zero-order valence-electron chi connectivity index (χ0n) is 11.4. The fourth-order valence-corrected chi connectivity index (χ4v) is 1.48. The van der Waals surface area contributed by atoms with Crippen molar-refractivity contribution in [3.05, 3.63) is 23.8 Å². The van der Waals surface area contributed by atoms with Crippen LogP contribution in [0.15, 0.2) is 18.2 Å². The van der Waals surface area contributed by atoms with Crippen molar-refractivity contribution in [3.63, 3.8) is 0 Å². The molecule has 0 radical (unpaired) electrons. The highest BCUT2D eigenvalue weighted by Gasteiger charge is 2.11. The molecule has 0 fully saturated rings. The Bertz CT molecular complexity index is 472. The molecule has 6 heteroatoms. The second-order valence-electron chi connectivity index (χ2n) is 4.25. The molecule has 3 N–H and O–H groups in total. The Morgan fingerprint density at radius 1 is 1.37 bits per heavy atom. The molecule has 19 heavy (non-hydrogen) atoms. The summed E-state index contributed by atoms with van der Waals surface area (Å²) in [4.78, 5) is 24.7. The zero-order valence-corrected chi connectivity index (χ0v) is 11.4. The predicted octanol–water partition coefficient (Wildman–Crippen LogP) is 0.486. The first-order valence-corrected chi connectivity index (χ1v) is 5.87. The molecule has 0 atom stereocenters. The maximum absolute atomic E-state index is 11.9. The summed E-state index contributed by atoms with van der Waals surface area (Å²) < 4.78 is 5.01. The van der Waals surface area contributed by atoms with Gasteiger partial charge in [0.05, 0.1) is 12.7 Å². The number of anilines is 1. The standard InChI is InChI=1S/C13H19N3O3/c1-16(2)12(17)6-7-15-13(18)10-5-4-9(19-3)8-11(10)14/h4-5,8H,6-7,14H2,1-3H3,(H,15,18). The molecule has 0 saturated heterocycles. The quantitative estimate of drug-likeness (QED) is 0.759. The maximum Gasteiger partial charge on any atom is 0.253 e. The summed E-state index contributed by atoms with van der Waals surface area (Å²) in [6, 6.07) is 4.84. The van der Waals surface area contributed by atoms with Crippen molar-refractivity contribution in [1.82, 2.24) is 10.2 Å². The van der Waals surface area contributed by atoms with Crippen LogP contribution >= 0.6 is 0 Å². The van der Waals surface area contributed by atoms with E-state index in [0.717, 1.165) is 0 Å². The molecule has 2 amide bonds. The summed E-state index contributed by atoms with van der Waals surface area (Å²) in [6.45, 7) is 0.279. The van der Waals surface area contributed by atoms with Crippen LogP contribution in [0.4, 0.5) is 5.69 Å². The summed E-state index contributed by atoms with van der Waals surface area (Å²) in [5, 5.41) is 2.66. The molecule has 0 spiro atoms. The lowest BCUT2D eigenvalue weighted by Gasteiger charge is -2.11. The van der Waals surface area contributed by atoms with Crippen LogP contribution in [-0.4, -0.2) is 44.5 Å². The topological polar surface area (TPSA) is 84.7 Å². The number of nitrogens with one attached hydrogen (secondary N) is 1. The van der Waals surface area contributed by atoms with Gasteiger partial charge in [0.2, 0.25) is 5.91 Å². The van der Waals surface area contributed by atoms with Crippen LogP contribution in [0.3, 0.4) is 0 Å². The van der Waals surface area contributed by atoms with E-state index in [4.69, 9.17) is 10.5 Å². The number of carbonyl (C=O) groups is 2. The van der Waals surface area contributed by atoms with Crippen LogP contribution in [0.5, 0.6) is 5.75 Å². The lowest BCUT2D eigenvalue weighted by Crippen LogP contribution is -2.30. The molecule has 0 heterocycles. The second-order valence-corrected chi connectivity index (χ2v) is 4.25. The Kier molecular flexibility index (Phi) is 5.17. The Balaban J connectivity index is 2.57. The molecule has 0 saturated carbocycles. The van der Waals surface area contributed by atoms with E-state index in [9.17, 15) is 9.59 Å². The Morgan fingerprint density at radius 3 is 2.58 bits per heavy atom. The first kappa shape index (κ1) is 14.8. The first-order chi connectivity index (χ1) is 8.95. The fraction of sp³-hybridized carbons (Fsp3) is 0.385. The number of rotatable bonds is 5. The van der Waals surface area contributed by atoms with Crippen LogP contribution in [0.1, 0.15) is 16.8 Å². The minimum absolute atomic E-state index is 0.0389. The number of nitrogens with two attached hydrogens (primary N) is 1. The molecule has 0 aromatic heterocycles. The van der Waals surface area contributed by atoms with Crippen molar-refractivity contribution in [2.45, 2.75) is 6.42 Å². The Labute approximate surface area is 112 Å². The Morgan fingerprint density at radius 2 is 2.05 bits per heavy atom. The highest BCUT2D eigenvalue weighted by molar-refractivity contribution is 5.99. The third kappa shape index (κ3) is 4.17. The molecule has 1 aromatic carbocycles. The smallest absolute Gasteiger partial charge is 0.253 e. The van der Waals surface area contributed by atoms with E-state index < -0.39 is 0 Å². The first-order valence-electron chi connectivity index (χ1n) is 5.87. The second kappa shape index (κ2) is 6.63. The van der Waals surface area contributed by atoms with Gasteiger partial charge in [0.1, 0.15) is 5.75 Å². The van der Waals surface area contributed by atoms with Gasteiger partial charge in [-0.3, -0.25) is 9.59 Å². The zero-order chi connectivity index (χ0) is 14.4. The van der Waals surface area contributed by atoms with E-state index in [2.05, 4.69) is 5.32 Å². The third-order valence-electron chi connectivity index (χ3n) is 2.63. The lowest BCUT2D eigenvalue weighted by molar-refractivity contribution is -0.128. The largest absolute Gasteiger partial charge is 0.497 e. The highest BCUT2D eigenvalue weighted by Crippen LogP contribution is 2.19. The molecule has 1 aromatic rings.